The van der Waals surface area contributed by atoms with Crippen molar-refractivity contribution in [2.45, 2.75) is 77.7 Å². The van der Waals surface area contributed by atoms with E-state index >= 15 is 0 Å². The predicted molar refractivity (Wildman–Crippen MR) is 86.3 cm³/mol. The van der Waals surface area contributed by atoms with E-state index in [0.717, 1.165) is 25.3 Å². The third-order valence-electron chi connectivity index (χ3n) is 4.07. The summed E-state index contributed by atoms with van der Waals surface area (Å²) in [5, 5.41) is 14.7. The summed E-state index contributed by atoms with van der Waals surface area (Å²) in [6.07, 6.45) is 11.9. The van der Waals surface area contributed by atoms with Crippen LogP contribution in [0, 0.1) is 5.92 Å². The van der Waals surface area contributed by atoms with Crippen molar-refractivity contribution in [3.05, 3.63) is 10.0 Å². The van der Waals surface area contributed by atoms with Crippen molar-refractivity contribution < 1.29 is 0 Å². The van der Waals surface area contributed by atoms with Crippen molar-refractivity contribution in [3.8, 4) is 0 Å². The average molecular weight is 295 g/mol. The van der Waals surface area contributed by atoms with Crippen LogP contribution in [0.15, 0.2) is 0 Å². The van der Waals surface area contributed by atoms with E-state index < -0.39 is 0 Å². The Kier molecular flexibility index (Phi) is 6.94. The first-order chi connectivity index (χ1) is 9.74. The van der Waals surface area contributed by atoms with E-state index in [1.165, 1.54) is 55.0 Å². The van der Waals surface area contributed by atoms with Crippen molar-refractivity contribution in [2.24, 2.45) is 5.92 Å². The van der Waals surface area contributed by atoms with Gasteiger partial charge in [0, 0.05) is 18.9 Å². The molecule has 0 radical (unpaired) electrons. The van der Waals surface area contributed by atoms with E-state index in [1.807, 2.05) is 11.3 Å². The second kappa shape index (κ2) is 8.73. The van der Waals surface area contributed by atoms with Crippen LogP contribution >= 0.6 is 11.3 Å². The molecule has 0 amide bonds. The van der Waals surface area contributed by atoms with E-state index in [-0.39, 0.29) is 0 Å². The lowest BCUT2D eigenvalue weighted by atomic mass is 9.97. The fourth-order valence-corrected chi connectivity index (χ4v) is 3.92. The van der Waals surface area contributed by atoms with Gasteiger partial charge in [-0.15, -0.1) is 21.5 Å². The number of nitrogens with one attached hydrogen (secondary N) is 1. The molecule has 1 heterocycles. The summed E-state index contributed by atoms with van der Waals surface area (Å²) >= 11 is 1.84. The maximum atomic E-state index is 4.40. The molecule has 1 aromatic rings. The van der Waals surface area contributed by atoms with Crippen LogP contribution in [0.5, 0.6) is 0 Å². The molecule has 1 N–H and O–H groups in total. The van der Waals surface area contributed by atoms with Gasteiger partial charge >= 0.3 is 0 Å². The Bertz CT molecular complexity index is 368. The molecule has 0 bridgehead atoms. The summed E-state index contributed by atoms with van der Waals surface area (Å²) in [6.45, 7) is 5.46. The first-order valence-corrected chi connectivity index (χ1v) is 9.10. The fraction of sp³-hybridized carbons (Fsp3) is 0.875. The molecule has 0 aliphatic heterocycles. The largest absolute Gasteiger partial charge is 0.315 e. The summed E-state index contributed by atoms with van der Waals surface area (Å²) in [6, 6.07) is 0.579. The van der Waals surface area contributed by atoms with Gasteiger partial charge in [-0.3, -0.25) is 0 Å². The molecule has 0 saturated heterocycles. The molecule has 2 rings (SSSR count). The van der Waals surface area contributed by atoms with Crippen LogP contribution in [0.3, 0.4) is 0 Å². The van der Waals surface area contributed by atoms with Gasteiger partial charge in [-0.25, -0.2) is 0 Å². The van der Waals surface area contributed by atoms with Gasteiger partial charge in [-0.05, 0) is 18.9 Å². The van der Waals surface area contributed by atoms with Crippen molar-refractivity contribution >= 4 is 11.3 Å². The monoisotopic (exact) mass is 295 g/mol. The van der Waals surface area contributed by atoms with Crippen molar-refractivity contribution in [1.82, 2.24) is 15.5 Å². The van der Waals surface area contributed by atoms with Crippen LogP contribution in [0.1, 0.15) is 68.8 Å². The molecular weight excluding hydrogens is 266 g/mol. The summed E-state index contributed by atoms with van der Waals surface area (Å²) in [5.74, 6) is 0.862. The highest BCUT2D eigenvalue weighted by Crippen LogP contribution is 2.27. The van der Waals surface area contributed by atoms with Crippen LogP contribution in [0.25, 0.3) is 0 Å². The third kappa shape index (κ3) is 5.88. The van der Waals surface area contributed by atoms with Gasteiger partial charge in [-0.2, -0.15) is 0 Å². The van der Waals surface area contributed by atoms with E-state index in [4.69, 9.17) is 0 Å². The summed E-state index contributed by atoms with van der Waals surface area (Å²) in [4.78, 5) is 0. The molecular formula is C16H29N3S. The lowest BCUT2D eigenvalue weighted by molar-refractivity contribution is 0.456. The first-order valence-electron chi connectivity index (χ1n) is 8.28. The summed E-state index contributed by atoms with van der Waals surface area (Å²) < 4.78 is 0. The van der Waals surface area contributed by atoms with Crippen LogP contribution in [0.4, 0.5) is 0 Å². The average Bonchev–Trinajstić information content (AvgIpc) is 2.69. The molecule has 1 fully saturated rings. The number of hydrogen-bond acceptors (Lipinski definition) is 4. The van der Waals surface area contributed by atoms with E-state index in [2.05, 4.69) is 29.4 Å². The predicted octanol–water partition coefficient (Wildman–Crippen LogP) is 3.98. The number of rotatable bonds is 7. The molecule has 0 unspecified atom stereocenters. The smallest absolute Gasteiger partial charge is 0.117 e. The van der Waals surface area contributed by atoms with Gasteiger partial charge in [0.2, 0.25) is 0 Å². The number of aryl methyl sites for hydroxylation is 1. The van der Waals surface area contributed by atoms with E-state index in [0.29, 0.717) is 6.04 Å². The number of aromatic nitrogens is 2. The molecule has 1 aromatic heterocycles. The highest BCUT2D eigenvalue weighted by molar-refractivity contribution is 7.11. The quantitative estimate of drug-likeness (QED) is 0.611. The van der Waals surface area contributed by atoms with Crippen molar-refractivity contribution in [3.63, 3.8) is 0 Å². The molecule has 0 aromatic carbocycles. The molecule has 20 heavy (non-hydrogen) atoms. The summed E-state index contributed by atoms with van der Waals surface area (Å²) in [7, 11) is 0. The standard InChI is InChI=1S/C16H29N3S/c1-13(2)17-11-7-10-15-18-19-16(20-15)12-14-8-5-3-4-6-9-14/h13-14,17H,3-12H2,1-2H3. The third-order valence-corrected chi connectivity index (χ3v) is 5.07. The Morgan fingerprint density at radius 1 is 1.10 bits per heavy atom. The minimum absolute atomic E-state index is 0.579. The zero-order valence-corrected chi connectivity index (χ0v) is 13.8. The number of hydrogen-bond donors (Lipinski definition) is 1. The Labute approximate surface area is 127 Å². The van der Waals surface area contributed by atoms with Crippen LogP contribution in [-0.4, -0.2) is 22.8 Å². The zero-order valence-electron chi connectivity index (χ0n) is 13.0. The highest BCUT2D eigenvalue weighted by Gasteiger charge is 2.15. The molecule has 1 saturated carbocycles. The molecule has 114 valence electrons. The molecule has 3 nitrogen and oxygen atoms in total. The molecule has 0 atom stereocenters. The molecule has 4 heteroatoms. The summed E-state index contributed by atoms with van der Waals surface area (Å²) in [5.41, 5.74) is 0. The van der Waals surface area contributed by atoms with E-state index in [9.17, 15) is 0 Å². The van der Waals surface area contributed by atoms with Gasteiger partial charge in [0.05, 0.1) is 0 Å². The fourth-order valence-electron chi connectivity index (χ4n) is 2.92. The molecule has 0 spiro atoms. The Hall–Kier alpha value is -0.480. The zero-order chi connectivity index (χ0) is 14.2. The topological polar surface area (TPSA) is 37.8 Å². The van der Waals surface area contributed by atoms with Gasteiger partial charge in [-0.1, -0.05) is 52.4 Å². The van der Waals surface area contributed by atoms with Crippen molar-refractivity contribution in [2.75, 3.05) is 6.54 Å². The highest BCUT2D eigenvalue weighted by atomic mass is 32.1. The second-order valence-electron chi connectivity index (χ2n) is 6.36. The Morgan fingerprint density at radius 2 is 1.80 bits per heavy atom. The maximum absolute atomic E-state index is 4.40. The van der Waals surface area contributed by atoms with Gasteiger partial charge < -0.3 is 5.32 Å². The Morgan fingerprint density at radius 3 is 2.50 bits per heavy atom. The van der Waals surface area contributed by atoms with Crippen LogP contribution in [-0.2, 0) is 12.8 Å². The normalized spacial score (nSPS) is 17.6. The maximum Gasteiger partial charge on any atom is 0.117 e. The van der Waals surface area contributed by atoms with E-state index in [1.54, 1.807) is 0 Å². The second-order valence-corrected chi connectivity index (χ2v) is 7.51. The lowest BCUT2D eigenvalue weighted by Gasteiger charge is -2.10. The van der Waals surface area contributed by atoms with Gasteiger partial charge in [0.1, 0.15) is 10.0 Å². The SMILES string of the molecule is CC(C)NCCCc1nnc(CC2CCCCCC2)s1. The molecule has 1 aliphatic carbocycles. The minimum Gasteiger partial charge on any atom is -0.315 e. The van der Waals surface area contributed by atoms with Crippen LogP contribution < -0.4 is 5.32 Å². The lowest BCUT2D eigenvalue weighted by Crippen LogP contribution is -2.23. The Balaban J connectivity index is 1.71. The first kappa shape index (κ1) is 15.9. The minimum atomic E-state index is 0.579. The molecule has 1 aliphatic rings. The van der Waals surface area contributed by atoms with Gasteiger partial charge in [0.15, 0.2) is 0 Å². The van der Waals surface area contributed by atoms with Crippen molar-refractivity contribution in [1.29, 1.82) is 0 Å². The van der Waals surface area contributed by atoms with Crippen LogP contribution in [0.2, 0.25) is 0 Å². The number of nitrogens with zero attached hydrogens (tertiary/aromatic N) is 2. The van der Waals surface area contributed by atoms with Gasteiger partial charge in [0.25, 0.3) is 0 Å².